The zero-order chi connectivity index (χ0) is 25.5. The van der Waals surface area contributed by atoms with Gasteiger partial charge in [0.05, 0.1) is 30.0 Å². The van der Waals surface area contributed by atoms with Gasteiger partial charge in [-0.2, -0.15) is 13.2 Å². The van der Waals surface area contributed by atoms with Gasteiger partial charge in [0, 0.05) is 34.2 Å². The van der Waals surface area contributed by atoms with Gasteiger partial charge >= 0.3 is 6.18 Å². The maximum absolute atomic E-state index is 13.4. The van der Waals surface area contributed by atoms with Crippen molar-refractivity contribution < 1.29 is 21.9 Å². The molecule has 1 aliphatic heterocycles. The standard InChI is InChI=1S/C26H19ClF3N3O2S/c27-20-11-9-17(10-12-20)24-22-16-33(36(34,35)21-8-4-7-19(15-21)26(28,29)30)14-13-23(22)31-25(32-24)18-5-2-1-3-6-18/h1-12,15H,13-14,16H2. The van der Waals surface area contributed by atoms with Crippen LogP contribution in [0.5, 0.6) is 0 Å². The number of benzene rings is 3. The van der Waals surface area contributed by atoms with E-state index in [1.54, 1.807) is 24.3 Å². The lowest BCUT2D eigenvalue weighted by Gasteiger charge is -2.32. The average Bonchev–Trinajstić information content (AvgIpc) is 2.88. The highest BCUT2D eigenvalue weighted by Crippen LogP contribution is 2.36. The number of alkyl halides is 3. The fraction of sp³-hybridized carbons (Fsp3) is 0.154. The van der Waals surface area contributed by atoms with Crippen LogP contribution in [-0.4, -0.2) is 25.4 Å². The van der Waals surface area contributed by atoms with Crippen molar-refractivity contribution in [1.82, 2.24) is 14.3 Å². The second kappa shape index (κ2) is 9.40. The Morgan fingerprint density at radius 3 is 2.33 bits per heavy atom. The van der Waals surface area contributed by atoms with Crippen LogP contribution in [0.2, 0.25) is 5.02 Å². The van der Waals surface area contributed by atoms with Crippen molar-refractivity contribution in [3.63, 3.8) is 0 Å². The van der Waals surface area contributed by atoms with Gasteiger partial charge in [0.2, 0.25) is 0 Å². The molecular weight excluding hydrogens is 511 g/mol. The molecule has 0 aliphatic carbocycles. The van der Waals surface area contributed by atoms with Crippen LogP contribution in [0.3, 0.4) is 0 Å². The molecule has 1 atom stereocenters. The number of fused-ring (bicyclic) bond motifs is 1. The third-order valence-corrected chi connectivity index (χ3v) is 8.07. The van der Waals surface area contributed by atoms with E-state index in [2.05, 4.69) is 0 Å². The molecule has 1 aliphatic rings. The Balaban J connectivity index is 1.58. The predicted molar refractivity (Wildman–Crippen MR) is 131 cm³/mol. The minimum absolute atomic E-state index is 0.0685. The first-order valence-corrected chi connectivity index (χ1v) is 12.8. The number of aromatic nitrogens is 2. The molecule has 0 saturated heterocycles. The van der Waals surface area contributed by atoms with E-state index in [4.69, 9.17) is 21.6 Å². The largest absolute Gasteiger partial charge is 0.593 e. The Morgan fingerprint density at radius 1 is 0.917 bits per heavy atom. The van der Waals surface area contributed by atoms with E-state index in [-0.39, 0.29) is 19.5 Å². The van der Waals surface area contributed by atoms with Gasteiger partial charge in [-0.3, -0.25) is 0 Å². The maximum atomic E-state index is 13.4. The number of rotatable bonds is 4. The Morgan fingerprint density at radius 2 is 1.64 bits per heavy atom. The Bertz CT molecular complexity index is 1460. The third-order valence-electron chi connectivity index (χ3n) is 5.97. The summed E-state index contributed by atoms with van der Waals surface area (Å²) >= 11 is 6.06. The van der Waals surface area contributed by atoms with E-state index in [0.717, 1.165) is 23.3 Å². The van der Waals surface area contributed by atoms with Gasteiger partial charge < -0.3 is 4.55 Å². The van der Waals surface area contributed by atoms with Crippen molar-refractivity contribution in [2.24, 2.45) is 0 Å². The molecule has 184 valence electrons. The van der Waals surface area contributed by atoms with Crippen LogP contribution in [0.4, 0.5) is 13.2 Å². The Labute approximate surface area is 212 Å². The Kier molecular flexibility index (Phi) is 6.42. The second-order valence-corrected chi connectivity index (χ2v) is 10.7. The van der Waals surface area contributed by atoms with Crippen molar-refractivity contribution in [1.29, 1.82) is 0 Å². The summed E-state index contributed by atoms with van der Waals surface area (Å²) in [6, 6.07) is 20.2. The number of sulfonamides is 1. The van der Waals surface area contributed by atoms with E-state index in [1.807, 2.05) is 30.3 Å². The van der Waals surface area contributed by atoms with Gasteiger partial charge in [-0.25, -0.2) is 9.97 Å². The van der Waals surface area contributed by atoms with E-state index in [0.29, 0.717) is 33.9 Å². The van der Waals surface area contributed by atoms with E-state index >= 15 is 0 Å². The van der Waals surface area contributed by atoms with Crippen LogP contribution in [0.1, 0.15) is 16.8 Å². The lowest BCUT2D eigenvalue weighted by Crippen LogP contribution is -2.41. The molecule has 0 N–H and O–H groups in total. The highest BCUT2D eigenvalue weighted by Gasteiger charge is 2.38. The number of halogens is 4. The second-order valence-electron chi connectivity index (χ2n) is 8.31. The zero-order valence-electron chi connectivity index (χ0n) is 18.7. The molecule has 0 saturated carbocycles. The van der Waals surface area contributed by atoms with Gasteiger partial charge in [-0.05, 0) is 24.3 Å². The van der Waals surface area contributed by atoms with E-state index in [9.17, 15) is 21.9 Å². The molecule has 1 unspecified atom stereocenters. The molecule has 4 aromatic rings. The first-order chi connectivity index (χ1) is 17.1. The molecule has 5 nitrogen and oxygen atoms in total. The third kappa shape index (κ3) is 4.79. The summed E-state index contributed by atoms with van der Waals surface area (Å²) in [6.07, 6.45) is -4.36. The van der Waals surface area contributed by atoms with Crippen LogP contribution < -0.4 is 0 Å². The van der Waals surface area contributed by atoms with E-state index in [1.165, 1.54) is 10.4 Å². The molecule has 1 aromatic heterocycles. The number of hydrogen-bond acceptors (Lipinski definition) is 4. The average molecular weight is 530 g/mol. The van der Waals surface area contributed by atoms with Crippen molar-refractivity contribution in [2.45, 2.75) is 24.0 Å². The smallest absolute Gasteiger partial charge is 0.416 e. The molecule has 0 bridgehead atoms. The Hall–Kier alpha value is -3.11. The van der Waals surface area contributed by atoms with Crippen LogP contribution in [-0.2, 0) is 33.8 Å². The van der Waals surface area contributed by atoms with Crippen LogP contribution in [0.15, 0.2) is 83.8 Å². The van der Waals surface area contributed by atoms with Crippen molar-refractivity contribution >= 4 is 22.0 Å². The van der Waals surface area contributed by atoms with Gasteiger partial charge in [0.1, 0.15) is 0 Å². The molecule has 0 fully saturated rings. The lowest BCUT2D eigenvalue weighted by atomic mass is 9.99. The number of hydrogen-bond donors (Lipinski definition) is 0. The quantitative estimate of drug-likeness (QED) is 0.285. The minimum Gasteiger partial charge on any atom is -0.593 e. The lowest BCUT2D eigenvalue weighted by molar-refractivity contribution is -0.137. The van der Waals surface area contributed by atoms with Crippen LogP contribution in [0.25, 0.3) is 22.6 Å². The summed E-state index contributed by atoms with van der Waals surface area (Å²) in [6.45, 7) is 0.0117. The van der Waals surface area contributed by atoms with Gasteiger partial charge in [0.15, 0.2) is 21.1 Å². The molecular formula is C26H19ClF3N3O2S. The van der Waals surface area contributed by atoms with Gasteiger partial charge in [0.25, 0.3) is 0 Å². The monoisotopic (exact) mass is 529 g/mol. The molecule has 0 spiro atoms. The van der Waals surface area contributed by atoms with Crippen molar-refractivity contribution in [2.75, 3.05) is 6.54 Å². The molecule has 5 rings (SSSR count). The fourth-order valence-electron chi connectivity index (χ4n) is 4.14. The summed E-state index contributed by atoms with van der Waals surface area (Å²) in [5.41, 5.74) is 2.39. The molecule has 10 heteroatoms. The summed E-state index contributed by atoms with van der Waals surface area (Å²) < 4.78 is 67.5. The molecule has 2 heterocycles. The van der Waals surface area contributed by atoms with Crippen molar-refractivity contribution in [3.05, 3.63) is 101 Å². The van der Waals surface area contributed by atoms with Gasteiger partial charge in [-0.1, -0.05) is 64.3 Å². The zero-order valence-corrected chi connectivity index (χ0v) is 20.3. The molecule has 0 amide bonds. The van der Waals surface area contributed by atoms with E-state index < -0.39 is 27.0 Å². The topological polar surface area (TPSA) is 69.2 Å². The first-order valence-electron chi connectivity index (χ1n) is 11.0. The minimum atomic E-state index is -4.65. The summed E-state index contributed by atoms with van der Waals surface area (Å²) in [7, 11) is -4.20. The molecule has 36 heavy (non-hydrogen) atoms. The van der Waals surface area contributed by atoms with Crippen LogP contribution >= 0.6 is 11.6 Å². The first kappa shape index (κ1) is 24.6. The van der Waals surface area contributed by atoms with Gasteiger partial charge in [-0.15, -0.1) is 4.31 Å². The van der Waals surface area contributed by atoms with Crippen molar-refractivity contribution in [3.8, 4) is 22.6 Å². The molecule has 0 radical (unpaired) electrons. The summed E-state index contributed by atoms with van der Waals surface area (Å²) in [4.78, 5) is 9.08. The molecule has 3 aromatic carbocycles. The SMILES string of the molecule is O=[S+]([O-])(c1cccc(C(F)(F)F)c1)N1CCc2nc(-c3ccccc3)nc(-c3ccc(Cl)cc3)c2C1. The fourth-order valence-corrected chi connectivity index (χ4v) is 5.72. The highest BCUT2D eigenvalue weighted by molar-refractivity contribution is 7.95. The maximum Gasteiger partial charge on any atom is 0.416 e. The normalized spacial score (nSPS) is 15.8. The van der Waals surface area contributed by atoms with Crippen LogP contribution in [0, 0.1) is 0 Å². The summed E-state index contributed by atoms with van der Waals surface area (Å²) in [5.74, 6) is 0.508. The predicted octanol–water partition coefficient (Wildman–Crippen LogP) is 6.44. The number of nitrogens with zero attached hydrogens (tertiary/aromatic N) is 3. The highest BCUT2D eigenvalue weighted by atomic mass is 35.5. The summed E-state index contributed by atoms with van der Waals surface area (Å²) in [5, 5.41) is 0.540.